The average molecular weight is 368 g/mol. The maximum Gasteiger partial charge on any atom is 0.282 e. The molecule has 0 radical (unpaired) electrons. The minimum atomic E-state index is -0.247. The highest BCUT2D eigenvalue weighted by atomic mass is 32.1. The van der Waals surface area contributed by atoms with Crippen molar-refractivity contribution in [2.75, 3.05) is 12.4 Å². The summed E-state index contributed by atoms with van der Waals surface area (Å²) < 4.78 is 1.16. The average Bonchev–Trinajstić information content (AvgIpc) is 3.03. The van der Waals surface area contributed by atoms with Gasteiger partial charge in [0, 0.05) is 11.3 Å². The maximum absolute atomic E-state index is 12.6. The number of anilines is 1. The molecule has 1 unspecified atom stereocenters. The Labute approximate surface area is 156 Å². The topological polar surface area (TPSA) is 63.5 Å². The molecule has 2 aromatic carbocycles. The van der Waals surface area contributed by atoms with Crippen LogP contribution in [-0.2, 0) is 11.3 Å². The summed E-state index contributed by atoms with van der Waals surface area (Å²) in [6.45, 7) is 4.09. The van der Waals surface area contributed by atoms with E-state index in [0.29, 0.717) is 17.8 Å². The monoisotopic (exact) mass is 368 g/mol. The van der Waals surface area contributed by atoms with Gasteiger partial charge in [0.1, 0.15) is 11.6 Å². The molecule has 0 aliphatic heterocycles. The maximum atomic E-state index is 12.6. The van der Waals surface area contributed by atoms with E-state index < -0.39 is 0 Å². The number of fused-ring (bicyclic) bond motifs is 1. The molecule has 3 rings (SSSR count). The Hall–Kier alpha value is -2.57. The number of carbonyl (C=O) groups excluding carboxylic acids is 2. The first kappa shape index (κ1) is 18.2. The molecule has 0 saturated heterocycles. The summed E-state index contributed by atoms with van der Waals surface area (Å²) in [7, 11) is 1.99. The van der Waals surface area contributed by atoms with Gasteiger partial charge < -0.3 is 10.2 Å². The Morgan fingerprint density at radius 1 is 1.19 bits per heavy atom. The van der Waals surface area contributed by atoms with Gasteiger partial charge in [0.05, 0.1) is 17.3 Å². The summed E-state index contributed by atoms with van der Waals surface area (Å²) in [5.74, 6) is -0.1000. The lowest BCUT2D eigenvalue weighted by atomic mass is 10.1. The normalized spacial score (nSPS) is 13.3. The summed E-state index contributed by atoms with van der Waals surface area (Å²) in [4.78, 5) is 29.7. The van der Waals surface area contributed by atoms with Crippen LogP contribution in [-0.4, -0.2) is 29.8 Å². The Kier molecular flexibility index (Phi) is 5.44. The Bertz CT molecular complexity index is 918. The van der Waals surface area contributed by atoms with Crippen LogP contribution in [0.4, 0.5) is 5.69 Å². The third-order valence-corrected chi connectivity index (χ3v) is 5.47. The molecular weight excluding hydrogens is 346 g/mol. The number of ketones is 1. The molecule has 6 heteroatoms. The number of hydrogen-bond acceptors (Lipinski definition) is 4. The van der Waals surface area contributed by atoms with Gasteiger partial charge in [-0.25, -0.2) is 4.98 Å². The van der Waals surface area contributed by atoms with E-state index in [4.69, 9.17) is 0 Å². The quantitative estimate of drug-likeness (QED) is 0.657. The zero-order valence-electron chi connectivity index (χ0n) is 15.1. The molecule has 1 aromatic heterocycles. The number of para-hydroxylation sites is 1. The highest BCUT2D eigenvalue weighted by molar-refractivity contribution is 7.18. The fraction of sp³-hybridized carbons (Fsp3) is 0.250. The second-order valence-corrected chi connectivity index (χ2v) is 7.56. The third kappa shape index (κ3) is 4.15. The van der Waals surface area contributed by atoms with Crippen molar-refractivity contribution in [1.82, 2.24) is 4.98 Å². The molecule has 26 heavy (non-hydrogen) atoms. The molecule has 0 spiro atoms. The number of nitrogens with one attached hydrogen (secondary N) is 2. The molecule has 5 nitrogen and oxygen atoms in total. The zero-order valence-corrected chi connectivity index (χ0v) is 15.9. The largest absolute Gasteiger partial charge is 0.322 e. The summed E-state index contributed by atoms with van der Waals surface area (Å²) in [5.41, 5.74) is 2.23. The van der Waals surface area contributed by atoms with Gasteiger partial charge in [0.2, 0.25) is 0 Å². The highest BCUT2D eigenvalue weighted by Crippen LogP contribution is 2.20. The highest BCUT2D eigenvalue weighted by Gasteiger charge is 2.23. The van der Waals surface area contributed by atoms with Crippen LogP contribution >= 0.6 is 11.3 Å². The van der Waals surface area contributed by atoms with Crippen molar-refractivity contribution in [2.24, 2.45) is 0 Å². The molecule has 0 aliphatic rings. The Morgan fingerprint density at radius 3 is 2.69 bits per heavy atom. The van der Waals surface area contributed by atoms with Gasteiger partial charge in [-0.3, -0.25) is 9.59 Å². The van der Waals surface area contributed by atoms with Gasteiger partial charge >= 0.3 is 0 Å². The molecule has 0 fully saturated rings. The van der Waals surface area contributed by atoms with Gasteiger partial charge in [-0.2, -0.15) is 0 Å². The minimum Gasteiger partial charge on any atom is -0.322 e. The number of aromatic nitrogens is 1. The number of carbonyl (C=O) groups is 2. The Balaban J connectivity index is 1.65. The number of Topliss-reactive ketones (excluding diaryl/α,β-unsaturated/α-hetero) is 1. The van der Waals surface area contributed by atoms with E-state index in [1.807, 2.05) is 32.2 Å². The van der Waals surface area contributed by atoms with Crippen LogP contribution in [0.5, 0.6) is 0 Å². The van der Waals surface area contributed by atoms with Crippen molar-refractivity contribution >= 4 is 38.9 Å². The third-order valence-electron chi connectivity index (χ3n) is 4.44. The molecule has 2 N–H and O–H groups in total. The molecule has 3 aromatic rings. The van der Waals surface area contributed by atoms with Crippen molar-refractivity contribution in [2.45, 2.75) is 26.4 Å². The second kappa shape index (κ2) is 7.76. The fourth-order valence-electron chi connectivity index (χ4n) is 2.68. The van der Waals surface area contributed by atoms with E-state index >= 15 is 0 Å². The number of likely N-dealkylation sites (N-methyl/N-ethyl adjacent to an activating group) is 1. The molecule has 1 heterocycles. The summed E-state index contributed by atoms with van der Waals surface area (Å²) in [6, 6.07) is 14.8. The van der Waals surface area contributed by atoms with Gasteiger partial charge in [0.15, 0.2) is 11.8 Å². The standard InChI is InChI=1S/C20H21N3O2S/c1-13(20(25)21-16-8-6-7-15(11-16)14(2)24)23(3)12-19-22-17-9-4-5-10-18(17)26-19/h4-11,13H,12H2,1-3H3,(H,21,25)/p+1/t13-/m0/s1. The first-order valence-corrected chi connectivity index (χ1v) is 9.34. The molecule has 134 valence electrons. The van der Waals surface area contributed by atoms with Crippen molar-refractivity contribution in [3.05, 3.63) is 59.1 Å². The van der Waals surface area contributed by atoms with E-state index in [1.54, 1.807) is 35.6 Å². The first-order chi connectivity index (χ1) is 12.4. The van der Waals surface area contributed by atoms with Crippen LogP contribution in [0.1, 0.15) is 29.2 Å². The van der Waals surface area contributed by atoms with Crippen molar-refractivity contribution in [3.8, 4) is 0 Å². The van der Waals surface area contributed by atoms with E-state index in [9.17, 15) is 9.59 Å². The number of thiazole rings is 1. The molecule has 0 saturated carbocycles. The van der Waals surface area contributed by atoms with E-state index in [0.717, 1.165) is 20.1 Å². The predicted octanol–water partition coefficient (Wildman–Crippen LogP) is 2.54. The summed E-state index contributed by atoms with van der Waals surface area (Å²) >= 11 is 1.66. The van der Waals surface area contributed by atoms with E-state index in [1.165, 1.54) is 6.92 Å². The SMILES string of the molecule is CC(=O)c1cccc(NC(=O)[C@H](C)[NH+](C)Cc2nc3ccccc3s2)c1. The molecule has 2 atom stereocenters. The lowest BCUT2D eigenvalue weighted by molar-refractivity contribution is -0.907. The summed E-state index contributed by atoms with van der Waals surface area (Å²) in [6.07, 6.45) is 0. The van der Waals surface area contributed by atoms with Crippen LogP contribution in [0, 0.1) is 0 Å². The molecule has 0 bridgehead atoms. The van der Waals surface area contributed by atoms with Gasteiger partial charge in [-0.15, -0.1) is 11.3 Å². The lowest BCUT2D eigenvalue weighted by Gasteiger charge is -2.20. The van der Waals surface area contributed by atoms with Crippen LogP contribution in [0.3, 0.4) is 0 Å². The van der Waals surface area contributed by atoms with Crippen LogP contribution in [0.15, 0.2) is 48.5 Å². The van der Waals surface area contributed by atoms with Crippen LogP contribution in [0.25, 0.3) is 10.2 Å². The van der Waals surface area contributed by atoms with E-state index in [-0.39, 0.29) is 17.7 Å². The number of amides is 1. The lowest BCUT2D eigenvalue weighted by Crippen LogP contribution is -3.12. The van der Waals surface area contributed by atoms with Crippen LogP contribution < -0.4 is 10.2 Å². The number of nitrogens with zero attached hydrogens (tertiary/aromatic N) is 1. The number of hydrogen-bond donors (Lipinski definition) is 2. The second-order valence-electron chi connectivity index (χ2n) is 6.45. The first-order valence-electron chi connectivity index (χ1n) is 8.52. The van der Waals surface area contributed by atoms with Gasteiger partial charge in [-0.1, -0.05) is 24.3 Å². The molecule has 0 aliphatic carbocycles. The van der Waals surface area contributed by atoms with Gasteiger partial charge in [-0.05, 0) is 38.1 Å². The summed E-state index contributed by atoms with van der Waals surface area (Å²) in [5, 5.41) is 3.92. The van der Waals surface area contributed by atoms with E-state index in [2.05, 4.69) is 16.4 Å². The number of benzene rings is 2. The zero-order chi connectivity index (χ0) is 18.7. The number of quaternary nitrogens is 1. The van der Waals surface area contributed by atoms with Crippen molar-refractivity contribution in [1.29, 1.82) is 0 Å². The predicted molar refractivity (Wildman–Crippen MR) is 105 cm³/mol. The van der Waals surface area contributed by atoms with Crippen LogP contribution in [0.2, 0.25) is 0 Å². The van der Waals surface area contributed by atoms with Crippen molar-refractivity contribution in [3.63, 3.8) is 0 Å². The Morgan fingerprint density at radius 2 is 1.96 bits per heavy atom. The molecule has 1 amide bonds. The molecular formula is C20H22N3O2S+. The minimum absolute atomic E-state index is 0.0206. The fourth-order valence-corrected chi connectivity index (χ4v) is 3.74. The van der Waals surface area contributed by atoms with Crippen molar-refractivity contribution < 1.29 is 14.5 Å². The van der Waals surface area contributed by atoms with Gasteiger partial charge in [0.25, 0.3) is 5.91 Å². The number of rotatable bonds is 6. The smallest absolute Gasteiger partial charge is 0.282 e.